The fourth-order valence-electron chi connectivity index (χ4n) is 2.13. The molecule has 0 radical (unpaired) electrons. The predicted molar refractivity (Wildman–Crippen MR) is 98.6 cm³/mol. The minimum absolute atomic E-state index is 0.000423. The number of halogens is 4. The molecule has 2 aromatic rings. The summed E-state index contributed by atoms with van der Waals surface area (Å²) < 4.78 is 61.3. The van der Waals surface area contributed by atoms with E-state index < -0.39 is 37.6 Å². The van der Waals surface area contributed by atoms with E-state index in [1.54, 1.807) is 0 Å². The summed E-state index contributed by atoms with van der Waals surface area (Å²) in [4.78, 5) is 35.3. The molecule has 0 unspecified atom stereocenters. The summed E-state index contributed by atoms with van der Waals surface area (Å²) in [7, 11) is 0. The Morgan fingerprint density at radius 2 is 1.35 bits per heavy atom. The lowest BCUT2D eigenvalue weighted by molar-refractivity contribution is -0.143. The molecule has 164 valence electrons. The zero-order chi connectivity index (χ0) is 22.8. The maximum Gasteiger partial charge on any atom is 0.387 e. The lowest BCUT2D eigenvalue weighted by Gasteiger charge is -2.06. The van der Waals surface area contributed by atoms with Crippen LogP contribution in [0.5, 0.6) is 11.5 Å². The number of hydrogen-bond acceptors (Lipinski definition) is 6. The van der Waals surface area contributed by atoms with Gasteiger partial charge in [0.2, 0.25) is 0 Å². The van der Waals surface area contributed by atoms with Crippen LogP contribution in [0.4, 0.5) is 17.6 Å². The van der Waals surface area contributed by atoms with Crippen molar-refractivity contribution in [3.8, 4) is 11.5 Å². The van der Waals surface area contributed by atoms with E-state index in [2.05, 4.69) is 14.2 Å². The summed E-state index contributed by atoms with van der Waals surface area (Å²) in [5, 5.41) is 1.96. The molecule has 0 saturated heterocycles. The van der Waals surface area contributed by atoms with Gasteiger partial charge in [-0.1, -0.05) is 12.1 Å². The maximum absolute atomic E-state index is 12.1. The molecule has 0 atom stereocenters. The molecule has 0 spiro atoms. The largest absolute Gasteiger partial charge is 0.452 e. The highest BCUT2D eigenvalue weighted by Gasteiger charge is 2.13. The molecule has 7 nitrogen and oxygen atoms in total. The van der Waals surface area contributed by atoms with E-state index in [0.29, 0.717) is 5.56 Å². The first kappa shape index (κ1) is 23.4. The second kappa shape index (κ2) is 11.3. The highest BCUT2D eigenvalue weighted by Crippen LogP contribution is 2.16. The molecule has 0 aromatic heterocycles. The van der Waals surface area contributed by atoms with Crippen LogP contribution >= 0.6 is 0 Å². The van der Waals surface area contributed by atoms with Gasteiger partial charge in [0.05, 0.1) is 0 Å². The number of rotatable bonds is 9. The first-order chi connectivity index (χ1) is 14.7. The summed E-state index contributed by atoms with van der Waals surface area (Å²) in [6.07, 6.45) is 2.32. The third kappa shape index (κ3) is 8.56. The van der Waals surface area contributed by atoms with Gasteiger partial charge in [0.1, 0.15) is 11.5 Å². The molecule has 2 amide bonds. The smallest absolute Gasteiger partial charge is 0.387 e. The monoisotopic (exact) mass is 441 g/mol. The fraction of sp³-hybridized carbons (Fsp3) is 0.150. The molecule has 0 aliphatic carbocycles. The summed E-state index contributed by atoms with van der Waals surface area (Å²) in [6, 6.07) is 10.0. The van der Waals surface area contributed by atoms with Crippen molar-refractivity contribution in [2.24, 2.45) is 0 Å². The second-order valence-corrected chi connectivity index (χ2v) is 5.67. The van der Waals surface area contributed by atoms with Crippen LogP contribution in [0.1, 0.15) is 15.9 Å². The number of nitrogens with one attached hydrogen (secondary N) is 1. The Labute approximate surface area is 173 Å². The van der Waals surface area contributed by atoms with Gasteiger partial charge in [-0.25, -0.2) is 4.79 Å². The summed E-state index contributed by atoms with van der Waals surface area (Å²) >= 11 is 0. The Hall–Kier alpha value is -3.89. The van der Waals surface area contributed by atoms with E-state index in [4.69, 9.17) is 0 Å². The standard InChI is InChI=1S/C20H15F4NO6/c21-19(22)30-14-6-1-12(2-7-14)3-10-17(27)29-11-16(26)25-18(28)13-4-8-15(9-5-13)31-20(23)24/h1-10,19-20H,11H2,(H,25,26,28)/b10-3+. The number of ether oxygens (including phenoxy) is 3. The van der Waals surface area contributed by atoms with Gasteiger partial charge in [0.15, 0.2) is 6.61 Å². The van der Waals surface area contributed by atoms with Crippen molar-refractivity contribution in [2.75, 3.05) is 6.61 Å². The highest BCUT2D eigenvalue weighted by molar-refractivity contribution is 6.05. The molecule has 11 heteroatoms. The Morgan fingerprint density at radius 3 is 1.87 bits per heavy atom. The van der Waals surface area contributed by atoms with Crippen molar-refractivity contribution in [1.82, 2.24) is 5.32 Å². The van der Waals surface area contributed by atoms with E-state index in [0.717, 1.165) is 18.2 Å². The number of carbonyl (C=O) groups excluding carboxylic acids is 3. The van der Waals surface area contributed by atoms with Crippen molar-refractivity contribution >= 4 is 23.9 Å². The quantitative estimate of drug-likeness (QED) is 0.365. The average Bonchev–Trinajstić information content (AvgIpc) is 2.71. The third-order valence-electron chi connectivity index (χ3n) is 3.46. The predicted octanol–water partition coefficient (Wildman–Crippen LogP) is 3.40. The summed E-state index contributed by atoms with van der Waals surface area (Å²) in [5.41, 5.74) is 0.484. The molecule has 0 aliphatic heterocycles. The van der Waals surface area contributed by atoms with Gasteiger partial charge in [0, 0.05) is 11.6 Å². The number of esters is 1. The van der Waals surface area contributed by atoms with Gasteiger partial charge in [-0.15, -0.1) is 0 Å². The van der Waals surface area contributed by atoms with E-state index in [-0.39, 0.29) is 17.1 Å². The number of hydrogen-bond donors (Lipinski definition) is 1. The van der Waals surface area contributed by atoms with Gasteiger partial charge in [-0.2, -0.15) is 17.6 Å². The fourth-order valence-corrected chi connectivity index (χ4v) is 2.13. The minimum atomic E-state index is -3.01. The van der Waals surface area contributed by atoms with Crippen LogP contribution in [-0.2, 0) is 14.3 Å². The van der Waals surface area contributed by atoms with Crippen molar-refractivity contribution in [3.05, 3.63) is 65.7 Å². The number of alkyl halides is 4. The molecule has 31 heavy (non-hydrogen) atoms. The lowest BCUT2D eigenvalue weighted by atomic mass is 10.2. The second-order valence-electron chi connectivity index (χ2n) is 5.67. The molecule has 2 aromatic carbocycles. The molecule has 0 bridgehead atoms. The van der Waals surface area contributed by atoms with E-state index in [9.17, 15) is 31.9 Å². The Balaban J connectivity index is 1.77. The van der Waals surface area contributed by atoms with Gasteiger partial charge < -0.3 is 14.2 Å². The molecule has 0 fully saturated rings. The topological polar surface area (TPSA) is 90.9 Å². The molecule has 0 aliphatic rings. The van der Waals surface area contributed by atoms with Crippen LogP contribution in [-0.4, -0.2) is 37.6 Å². The summed E-state index contributed by atoms with van der Waals surface area (Å²) in [5.74, 6) is -2.83. The zero-order valence-corrected chi connectivity index (χ0v) is 15.6. The highest BCUT2D eigenvalue weighted by atomic mass is 19.3. The first-order valence-corrected chi connectivity index (χ1v) is 8.51. The Kier molecular flexibility index (Phi) is 8.55. The van der Waals surface area contributed by atoms with Crippen LogP contribution in [0.25, 0.3) is 6.08 Å². The van der Waals surface area contributed by atoms with Crippen LogP contribution in [0.3, 0.4) is 0 Å². The molecular formula is C20H15F4NO6. The Bertz CT molecular complexity index is 930. The van der Waals surface area contributed by atoms with Crippen molar-refractivity contribution < 1.29 is 46.2 Å². The average molecular weight is 441 g/mol. The van der Waals surface area contributed by atoms with Gasteiger partial charge >= 0.3 is 19.2 Å². The van der Waals surface area contributed by atoms with E-state index >= 15 is 0 Å². The van der Waals surface area contributed by atoms with Crippen LogP contribution in [0.2, 0.25) is 0 Å². The third-order valence-corrected chi connectivity index (χ3v) is 3.46. The molecule has 1 N–H and O–H groups in total. The maximum atomic E-state index is 12.1. The van der Waals surface area contributed by atoms with Crippen molar-refractivity contribution in [1.29, 1.82) is 0 Å². The number of carbonyl (C=O) groups is 3. The Morgan fingerprint density at radius 1 is 0.839 bits per heavy atom. The zero-order valence-electron chi connectivity index (χ0n) is 15.6. The van der Waals surface area contributed by atoms with Crippen LogP contribution in [0, 0.1) is 0 Å². The van der Waals surface area contributed by atoms with Crippen LogP contribution < -0.4 is 14.8 Å². The minimum Gasteiger partial charge on any atom is -0.452 e. The molecular weight excluding hydrogens is 426 g/mol. The first-order valence-electron chi connectivity index (χ1n) is 8.51. The van der Waals surface area contributed by atoms with Gasteiger partial charge in [-0.05, 0) is 48.0 Å². The molecule has 0 saturated carbocycles. The van der Waals surface area contributed by atoms with Crippen LogP contribution in [0.15, 0.2) is 54.6 Å². The van der Waals surface area contributed by atoms with Crippen molar-refractivity contribution in [2.45, 2.75) is 13.2 Å². The SMILES string of the molecule is O=C(COC(=O)/C=C/c1ccc(OC(F)F)cc1)NC(=O)c1ccc(OC(F)F)cc1. The normalized spacial score (nSPS) is 10.9. The van der Waals surface area contributed by atoms with E-state index in [1.807, 2.05) is 5.32 Å². The molecule has 0 heterocycles. The number of imide groups is 1. The van der Waals surface area contributed by atoms with Gasteiger partial charge in [-0.3, -0.25) is 14.9 Å². The van der Waals surface area contributed by atoms with E-state index in [1.165, 1.54) is 42.5 Å². The van der Waals surface area contributed by atoms with Crippen molar-refractivity contribution in [3.63, 3.8) is 0 Å². The number of benzene rings is 2. The van der Waals surface area contributed by atoms with Gasteiger partial charge in [0.25, 0.3) is 11.8 Å². The number of amides is 2. The lowest BCUT2D eigenvalue weighted by Crippen LogP contribution is -2.34. The summed E-state index contributed by atoms with van der Waals surface area (Å²) in [6.45, 7) is -6.71. The molecule has 2 rings (SSSR count).